The SMILES string of the molecule is CC/C=C\C=C(/CNCC)C1=CCCN(CCC(C)O)C1. The van der Waals surface area contributed by atoms with Crippen LogP contribution in [0.4, 0.5) is 0 Å². The number of nitrogens with zero attached hydrogens (tertiary/aromatic N) is 1. The molecule has 0 aromatic carbocycles. The summed E-state index contributed by atoms with van der Waals surface area (Å²) in [5, 5.41) is 12.9. The second kappa shape index (κ2) is 10.8. The predicted octanol–water partition coefficient (Wildman–Crippen LogP) is 2.89. The highest BCUT2D eigenvalue weighted by molar-refractivity contribution is 5.37. The van der Waals surface area contributed by atoms with Crippen molar-refractivity contribution in [3.63, 3.8) is 0 Å². The fourth-order valence-corrected chi connectivity index (χ4v) is 2.46. The maximum atomic E-state index is 9.45. The van der Waals surface area contributed by atoms with Crippen LogP contribution in [0.1, 0.15) is 40.0 Å². The van der Waals surface area contributed by atoms with Crippen LogP contribution in [0.25, 0.3) is 0 Å². The smallest absolute Gasteiger partial charge is 0.0524 e. The number of hydrogen-bond donors (Lipinski definition) is 2. The number of nitrogens with one attached hydrogen (secondary N) is 1. The lowest BCUT2D eigenvalue weighted by Gasteiger charge is -2.29. The summed E-state index contributed by atoms with van der Waals surface area (Å²) in [6, 6.07) is 0. The third kappa shape index (κ3) is 7.60. The zero-order chi connectivity index (χ0) is 15.5. The lowest BCUT2D eigenvalue weighted by molar-refractivity contribution is 0.158. The predicted molar refractivity (Wildman–Crippen MR) is 91.5 cm³/mol. The van der Waals surface area contributed by atoms with Crippen molar-refractivity contribution in [3.05, 3.63) is 35.5 Å². The molecule has 0 amide bonds. The second-order valence-corrected chi connectivity index (χ2v) is 5.74. The van der Waals surface area contributed by atoms with E-state index >= 15 is 0 Å². The Balaban J connectivity index is 2.65. The average Bonchev–Trinajstić information content (AvgIpc) is 2.49. The quantitative estimate of drug-likeness (QED) is 0.641. The minimum atomic E-state index is -0.205. The molecule has 3 nitrogen and oxygen atoms in total. The van der Waals surface area contributed by atoms with E-state index in [2.05, 4.69) is 48.4 Å². The summed E-state index contributed by atoms with van der Waals surface area (Å²) in [6.45, 7) is 11.2. The zero-order valence-corrected chi connectivity index (χ0v) is 13.9. The molecule has 1 heterocycles. The van der Waals surface area contributed by atoms with Gasteiger partial charge in [0.2, 0.25) is 0 Å². The number of aliphatic hydroxyl groups is 1. The minimum absolute atomic E-state index is 0.205. The summed E-state index contributed by atoms with van der Waals surface area (Å²) in [4.78, 5) is 2.45. The van der Waals surface area contributed by atoms with Gasteiger partial charge >= 0.3 is 0 Å². The van der Waals surface area contributed by atoms with Crippen LogP contribution in [-0.4, -0.2) is 48.8 Å². The van der Waals surface area contributed by atoms with Crippen molar-refractivity contribution >= 4 is 0 Å². The summed E-state index contributed by atoms with van der Waals surface area (Å²) in [5.41, 5.74) is 2.83. The van der Waals surface area contributed by atoms with Crippen molar-refractivity contribution in [2.45, 2.75) is 46.1 Å². The van der Waals surface area contributed by atoms with Gasteiger partial charge in [-0.2, -0.15) is 0 Å². The molecule has 0 bridgehead atoms. The Morgan fingerprint density at radius 3 is 2.95 bits per heavy atom. The van der Waals surface area contributed by atoms with Gasteiger partial charge in [-0.05, 0) is 43.9 Å². The van der Waals surface area contributed by atoms with Gasteiger partial charge in [0.1, 0.15) is 0 Å². The molecule has 3 heteroatoms. The molecule has 0 radical (unpaired) electrons. The molecule has 0 aromatic heterocycles. The zero-order valence-electron chi connectivity index (χ0n) is 13.9. The number of aliphatic hydroxyl groups excluding tert-OH is 1. The molecule has 0 aromatic rings. The van der Waals surface area contributed by atoms with E-state index < -0.39 is 0 Å². The molecule has 1 atom stereocenters. The second-order valence-electron chi connectivity index (χ2n) is 5.74. The van der Waals surface area contributed by atoms with Crippen LogP contribution in [0.2, 0.25) is 0 Å². The Morgan fingerprint density at radius 2 is 2.29 bits per heavy atom. The summed E-state index contributed by atoms with van der Waals surface area (Å²) >= 11 is 0. The van der Waals surface area contributed by atoms with E-state index in [4.69, 9.17) is 0 Å². The van der Waals surface area contributed by atoms with Gasteiger partial charge in [-0.25, -0.2) is 0 Å². The van der Waals surface area contributed by atoms with Crippen molar-refractivity contribution in [1.29, 1.82) is 0 Å². The van der Waals surface area contributed by atoms with Gasteiger partial charge in [0.25, 0.3) is 0 Å². The highest BCUT2D eigenvalue weighted by atomic mass is 16.3. The normalized spacial score (nSPS) is 19.0. The van der Waals surface area contributed by atoms with Gasteiger partial charge in [-0.1, -0.05) is 38.2 Å². The van der Waals surface area contributed by atoms with E-state index in [1.165, 1.54) is 11.1 Å². The molecule has 1 rings (SSSR count). The third-order valence-corrected chi connectivity index (χ3v) is 3.74. The molecule has 21 heavy (non-hydrogen) atoms. The van der Waals surface area contributed by atoms with Crippen LogP contribution in [0.5, 0.6) is 0 Å². The van der Waals surface area contributed by atoms with Crippen LogP contribution < -0.4 is 5.32 Å². The molecule has 0 aliphatic carbocycles. The van der Waals surface area contributed by atoms with Gasteiger partial charge in [0, 0.05) is 26.2 Å². The molecular weight excluding hydrogens is 260 g/mol. The van der Waals surface area contributed by atoms with E-state index in [1.54, 1.807) is 0 Å². The summed E-state index contributed by atoms with van der Waals surface area (Å²) < 4.78 is 0. The topological polar surface area (TPSA) is 35.5 Å². The van der Waals surface area contributed by atoms with Crippen LogP contribution >= 0.6 is 0 Å². The molecule has 0 fully saturated rings. The first kappa shape index (κ1) is 18.1. The van der Waals surface area contributed by atoms with Gasteiger partial charge in [0.15, 0.2) is 0 Å². The number of allylic oxidation sites excluding steroid dienone is 3. The first-order valence-corrected chi connectivity index (χ1v) is 8.33. The number of rotatable bonds is 9. The standard InChI is InChI=1S/C18H32N2O/c1-4-6-7-9-17(14-19-5-2)18-10-8-12-20(15-18)13-11-16(3)21/h6-7,9-10,16,19,21H,4-5,8,11-15H2,1-3H3/b7-6-,17-9+. The van der Waals surface area contributed by atoms with Gasteiger partial charge in [-0.3, -0.25) is 4.90 Å². The molecule has 1 unspecified atom stereocenters. The highest BCUT2D eigenvalue weighted by Gasteiger charge is 2.15. The first-order chi connectivity index (χ1) is 10.2. The Morgan fingerprint density at radius 1 is 1.48 bits per heavy atom. The Kier molecular flexibility index (Phi) is 9.31. The van der Waals surface area contributed by atoms with E-state index in [0.717, 1.165) is 52.0 Å². The lowest BCUT2D eigenvalue weighted by atomic mass is 10.00. The first-order valence-electron chi connectivity index (χ1n) is 8.33. The third-order valence-electron chi connectivity index (χ3n) is 3.74. The van der Waals surface area contributed by atoms with Crippen molar-refractivity contribution in [3.8, 4) is 0 Å². The molecule has 0 saturated heterocycles. The summed E-state index contributed by atoms with van der Waals surface area (Å²) in [7, 11) is 0. The van der Waals surface area contributed by atoms with Crippen LogP contribution in [0.3, 0.4) is 0 Å². The Hall–Kier alpha value is -0.900. The fourth-order valence-electron chi connectivity index (χ4n) is 2.46. The largest absolute Gasteiger partial charge is 0.393 e. The molecular formula is C18H32N2O. The molecule has 0 saturated carbocycles. The molecule has 0 spiro atoms. The van der Waals surface area contributed by atoms with Crippen molar-refractivity contribution in [1.82, 2.24) is 10.2 Å². The van der Waals surface area contributed by atoms with Crippen molar-refractivity contribution in [2.75, 3.05) is 32.7 Å². The van der Waals surface area contributed by atoms with Crippen molar-refractivity contribution in [2.24, 2.45) is 0 Å². The number of hydrogen-bond acceptors (Lipinski definition) is 3. The van der Waals surface area contributed by atoms with Gasteiger partial charge < -0.3 is 10.4 Å². The van der Waals surface area contributed by atoms with Crippen LogP contribution in [0.15, 0.2) is 35.5 Å². The van der Waals surface area contributed by atoms with E-state index in [9.17, 15) is 5.11 Å². The molecule has 1 aliphatic rings. The lowest BCUT2D eigenvalue weighted by Crippen LogP contribution is -2.33. The van der Waals surface area contributed by atoms with Crippen LogP contribution in [-0.2, 0) is 0 Å². The van der Waals surface area contributed by atoms with E-state index in [-0.39, 0.29) is 6.10 Å². The highest BCUT2D eigenvalue weighted by Crippen LogP contribution is 2.18. The van der Waals surface area contributed by atoms with Gasteiger partial charge in [0.05, 0.1) is 6.10 Å². The average molecular weight is 292 g/mol. The fraction of sp³-hybridized carbons (Fsp3) is 0.667. The maximum absolute atomic E-state index is 9.45. The Bertz CT molecular complexity index is 369. The maximum Gasteiger partial charge on any atom is 0.0524 e. The van der Waals surface area contributed by atoms with Gasteiger partial charge in [-0.15, -0.1) is 0 Å². The Labute approximate surface area is 130 Å². The van der Waals surface area contributed by atoms with Crippen molar-refractivity contribution < 1.29 is 5.11 Å². The molecule has 120 valence electrons. The molecule has 2 N–H and O–H groups in total. The monoisotopic (exact) mass is 292 g/mol. The van der Waals surface area contributed by atoms with Crippen LogP contribution in [0, 0.1) is 0 Å². The number of likely N-dealkylation sites (N-methyl/N-ethyl adjacent to an activating group) is 1. The van der Waals surface area contributed by atoms with E-state index in [1.807, 2.05) is 6.92 Å². The minimum Gasteiger partial charge on any atom is -0.393 e. The summed E-state index contributed by atoms with van der Waals surface area (Å²) in [6.07, 6.45) is 11.8. The van der Waals surface area contributed by atoms with E-state index in [0.29, 0.717) is 0 Å². The molecule has 1 aliphatic heterocycles. The summed E-state index contributed by atoms with van der Waals surface area (Å²) in [5.74, 6) is 0.